The third-order valence-corrected chi connectivity index (χ3v) is 3.72. The van der Waals surface area contributed by atoms with Gasteiger partial charge in [-0.25, -0.2) is 4.79 Å². The van der Waals surface area contributed by atoms with Crippen molar-refractivity contribution in [3.05, 3.63) is 23.8 Å². The Hall–Kier alpha value is -2.24. The molecule has 3 amide bonds. The zero-order valence-electron chi connectivity index (χ0n) is 16.3. The molecule has 6 heteroatoms. The van der Waals surface area contributed by atoms with E-state index >= 15 is 0 Å². The van der Waals surface area contributed by atoms with Crippen LogP contribution in [-0.2, 0) is 11.3 Å². The fourth-order valence-corrected chi connectivity index (χ4v) is 2.54. The Bertz CT molecular complexity index is 585. The number of hydrogen-bond donors (Lipinski definition) is 2. The van der Waals surface area contributed by atoms with Gasteiger partial charge in [-0.2, -0.15) is 0 Å². The first-order chi connectivity index (χ1) is 11.8. The van der Waals surface area contributed by atoms with Crippen molar-refractivity contribution in [1.29, 1.82) is 0 Å². The van der Waals surface area contributed by atoms with E-state index in [2.05, 4.69) is 17.6 Å². The van der Waals surface area contributed by atoms with Crippen LogP contribution < -0.4 is 15.5 Å². The van der Waals surface area contributed by atoms with Gasteiger partial charge in [-0.15, -0.1) is 0 Å². The van der Waals surface area contributed by atoms with Crippen LogP contribution >= 0.6 is 0 Å². The van der Waals surface area contributed by atoms with Gasteiger partial charge in [0.25, 0.3) is 0 Å². The van der Waals surface area contributed by atoms with Crippen molar-refractivity contribution >= 4 is 23.3 Å². The summed E-state index contributed by atoms with van der Waals surface area (Å²) in [6, 6.07) is 5.85. The molecule has 0 aliphatic heterocycles. The number of benzene rings is 1. The lowest BCUT2D eigenvalue weighted by Crippen LogP contribution is -2.43. The molecule has 0 saturated heterocycles. The summed E-state index contributed by atoms with van der Waals surface area (Å²) in [5.41, 5.74) is 2.80. The molecule has 0 spiro atoms. The molecule has 0 saturated carbocycles. The SMILES string of the molecule is CCCN(Cc1cc(NC(=O)CC)ccc1N(C)C)C(=O)NC(C)C. The Balaban J connectivity index is 3.09. The maximum absolute atomic E-state index is 12.5. The van der Waals surface area contributed by atoms with Crippen molar-refractivity contribution in [2.24, 2.45) is 0 Å². The van der Waals surface area contributed by atoms with Gasteiger partial charge in [0.2, 0.25) is 5.91 Å². The van der Waals surface area contributed by atoms with Crippen LogP contribution in [0.5, 0.6) is 0 Å². The van der Waals surface area contributed by atoms with Crippen molar-refractivity contribution in [3.63, 3.8) is 0 Å². The lowest BCUT2D eigenvalue weighted by Gasteiger charge is -2.27. The lowest BCUT2D eigenvalue weighted by atomic mass is 10.1. The van der Waals surface area contributed by atoms with E-state index in [0.717, 1.165) is 23.4 Å². The monoisotopic (exact) mass is 348 g/mol. The van der Waals surface area contributed by atoms with Gasteiger partial charge >= 0.3 is 6.03 Å². The van der Waals surface area contributed by atoms with Crippen LogP contribution in [0, 0.1) is 0 Å². The fourth-order valence-electron chi connectivity index (χ4n) is 2.54. The average Bonchev–Trinajstić information content (AvgIpc) is 2.53. The molecule has 0 aromatic heterocycles. The summed E-state index contributed by atoms with van der Waals surface area (Å²) in [5, 5.41) is 5.84. The predicted octanol–water partition coefficient (Wildman–Crippen LogP) is 3.43. The highest BCUT2D eigenvalue weighted by Crippen LogP contribution is 2.25. The number of amides is 3. The molecule has 0 atom stereocenters. The van der Waals surface area contributed by atoms with Crippen molar-refractivity contribution in [1.82, 2.24) is 10.2 Å². The van der Waals surface area contributed by atoms with E-state index in [1.807, 2.05) is 62.9 Å². The van der Waals surface area contributed by atoms with Gasteiger partial charge in [0.1, 0.15) is 0 Å². The van der Waals surface area contributed by atoms with Gasteiger partial charge in [0.05, 0.1) is 0 Å². The van der Waals surface area contributed by atoms with E-state index in [-0.39, 0.29) is 18.0 Å². The summed E-state index contributed by atoms with van der Waals surface area (Å²) in [6.07, 6.45) is 1.32. The highest BCUT2D eigenvalue weighted by atomic mass is 16.2. The van der Waals surface area contributed by atoms with Gasteiger partial charge < -0.3 is 20.4 Å². The molecule has 0 fully saturated rings. The number of nitrogens with zero attached hydrogens (tertiary/aromatic N) is 2. The van der Waals surface area contributed by atoms with Crippen molar-refractivity contribution in [3.8, 4) is 0 Å². The maximum Gasteiger partial charge on any atom is 0.317 e. The number of rotatable bonds is 8. The first-order valence-corrected chi connectivity index (χ1v) is 8.94. The lowest BCUT2D eigenvalue weighted by molar-refractivity contribution is -0.115. The molecular weight excluding hydrogens is 316 g/mol. The minimum Gasteiger partial charge on any atom is -0.377 e. The van der Waals surface area contributed by atoms with Crippen LogP contribution in [0.2, 0.25) is 0 Å². The number of anilines is 2. The minimum atomic E-state index is -0.0652. The normalized spacial score (nSPS) is 10.5. The molecule has 1 aromatic rings. The quantitative estimate of drug-likeness (QED) is 0.756. The van der Waals surface area contributed by atoms with E-state index in [1.165, 1.54) is 0 Å². The molecule has 0 heterocycles. The van der Waals surface area contributed by atoms with E-state index in [4.69, 9.17) is 0 Å². The summed E-state index contributed by atoms with van der Waals surface area (Å²) in [6.45, 7) is 8.96. The highest BCUT2D eigenvalue weighted by molar-refractivity contribution is 5.90. The smallest absolute Gasteiger partial charge is 0.317 e. The molecule has 25 heavy (non-hydrogen) atoms. The molecule has 0 aliphatic rings. The van der Waals surface area contributed by atoms with Crippen molar-refractivity contribution in [2.75, 3.05) is 30.9 Å². The molecule has 1 rings (SSSR count). The largest absolute Gasteiger partial charge is 0.377 e. The number of carbonyl (C=O) groups is 2. The van der Waals surface area contributed by atoms with Crippen LogP contribution in [-0.4, -0.2) is 43.5 Å². The topological polar surface area (TPSA) is 64.7 Å². The van der Waals surface area contributed by atoms with Gasteiger partial charge in [-0.3, -0.25) is 4.79 Å². The van der Waals surface area contributed by atoms with Crippen LogP contribution in [0.25, 0.3) is 0 Å². The molecule has 0 unspecified atom stereocenters. The molecule has 0 bridgehead atoms. The standard InChI is InChI=1S/C19H32N4O2/c1-7-11-23(19(25)20-14(3)4)13-15-12-16(21-18(24)8-2)9-10-17(15)22(5)6/h9-10,12,14H,7-8,11,13H2,1-6H3,(H,20,25)(H,21,24). The van der Waals surface area contributed by atoms with Crippen LogP contribution in [0.15, 0.2) is 18.2 Å². The Morgan fingerprint density at radius 1 is 1.16 bits per heavy atom. The van der Waals surface area contributed by atoms with Crippen molar-refractivity contribution < 1.29 is 9.59 Å². The van der Waals surface area contributed by atoms with Crippen molar-refractivity contribution in [2.45, 2.75) is 53.1 Å². The molecule has 1 aromatic carbocycles. The number of hydrogen-bond acceptors (Lipinski definition) is 3. The predicted molar refractivity (Wildman–Crippen MR) is 104 cm³/mol. The Kier molecular flexibility index (Phi) is 8.25. The molecule has 0 aliphatic carbocycles. The van der Waals surface area contributed by atoms with E-state index in [0.29, 0.717) is 19.5 Å². The first-order valence-electron chi connectivity index (χ1n) is 8.94. The number of nitrogens with one attached hydrogen (secondary N) is 2. The highest BCUT2D eigenvalue weighted by Gasteiger charge is 2.17. The number of urea groups is 1. The minimum absolute atomic E-state index is 0.0217. The third-order valence-electron chi connectivity index (χ3n) is 3.72. The summed E-state index contributed by atoms with van der Waals surface area (Å²) in [5.74, 6) is -0.0217. The van der Waals surface area contributed by atoms with Crippen LogP contribution in [0.1, 0.15) is 46.1 Å². The van der Waals surface area contributed by atoms with Gasteiger partial charge in [-0.1, -0.05) is 13.8 Å². The molecule has 0 radical (unpaired) electrons. The Morgan fingerprint density at radius 2 is 1.84 bits per heavy atom. The van der Waals surface area contributed by atoms with Gasteiger partial charge in [0.15, 0.2) is 0 Å². The summed E-state index contributed by atoms with van der Waals surface area (Å²) in [7, 11) is 3.95. The van der Waals surface area contributed by atoms with Crippen LogP contribution in [0.3, 0.4) is 0 Å². The maximum atomic E-state index is 12.5. The van der Waals surface area contributed by atoms with Gasteiger partial charge in [0, 0.05) is 51.0 Å². The third kappa shape index (κ3) is 6.64. The van der Waals surface area contributed by atoms with E-state index in [1.54, 1.807) is 0 Å². The summed E-state index contributed by atoms with van der Waals surface area (Å²) >= 11 is 0. The Labute approximate surface area is 151 Å². The second-order valence-corrected chi connectivity index (χ2v) is 6.67. The molecule has 6 nitrogen and oxygen atoms in total. The van der Waals surface area contributed by atoms with E-state index in [9.17, 15) is 9.59 Å². The van der Waals surface area contributed by atoms with Crippen LogP contribution in [0.4, 0.5) is 16.2 Å². The second-order valence-electron chi connectivity index (χ2n) is 6.67. The fraction of sp³-hybridized carbons (Fsp3) is 0.579. The van der Waals surface area contributed by atoms with E-state index < -0.39 is 0 Å². The molecule has 140 valence electrons. The average molecular weight is 348 g/mol. The first kappa shape index (κ1) is 20.8. The summed E-state index contributed by atoms with van der Waals surface area (Å²) < 4.78 is 0. The molecular formula is C19H32N4O2. The van der Waals surface area contributed by atoms with Gasteiger partial charge in [-0.05, 0) is 44.0 Å². The second kappa shape index (κ2) is 9.91. The number of carbonyl (C=O) groups excluding carboxylic acids is 2. The summed E-state index contributed by atoms with van der Waals surface area (Å²) in [4.78, 5) is 28.0. The Morgan fingerprint density at radius 3 is 2.36 bits per heavy atom. The molecule has 2 N–H and O–H groups in total. The zero-order chi connectivity index (χ0) is 19.0. The zero-order valence-corrected chi connectivity index (χ0v) is 16.3.